The highest BCUT2D eigenvalue weighted by atomic mass is 16.5. The van der Waals surface area contributed by atoms with Gasteiger partial charge in [0.2, 0.25) is 5.91 Å². The summed E-state index contributed by atoms with van der Waals surface area (Å²) >= 11 is 0. The van der Waals surface area contributed by atoms with E-state index in [4.69, 9.17) is 19.9 Å². The molecule has 0 radical (unpaired) electrons. The van der Waals surface area contributed by atoms with E-state index >= 15 is 0 Å². The maximum absolute atomic E-state index is 11.9. The SMILES string of the molecule is COCC(N)C(=O)NC(C)c1ccc(OC(C)C)c(OC)c1. The van der Waals surface area contributed by atoms with Gasteiger partial charge in [0.15, 0.2) is 11.5 Å². The first kappa shape index (κ1) is 18.3. The van der Waals surface area contributed by atoms with Crippen molar-refractivity contribution in [2.75, 3.05) is 20.8 Å². The van der Waals surface area contributed by atoms with Crippen molar-refractivity contribution in [3.05, 3.63) is 23.8 Å². The third kappa shape index (κ3) is 5.20. The zero-order valence-corrected chi connectivity index (χ0v) is 13.9. The van der Waals surface area contributed by atoms with Crippen LogP contribution in [-0.2, 0) is 9.53 Å². The normalized spacial score (nSPS) is 13.6. The minimum absolute atomic E-state index is 0.0592. The molecule has 1 aromatic rings. The monoisotopic (exact) mass is 310 g/mol. The zero-order valence-electron chi connectivity index (χ0n) is 13.9. The Morgan fingerprint density at radius 2 is 1.91 bits per heavy atom. The van der Waals surface area contributed by atoms with Crippen LogP contribution in [0, 0.1) is 0 Å². The maximum atomic E-state index is 11.9. The van der Waals surface area contributed by atoms with Gasteiger partial charge in [-0.2, -0.15) is 0 Å². The molecule has 0 aromatic heterocycles. The number of hydrogen-bond donors (Lipinski definition) is 2. The summed E-state index contributed by atoms with van der Waals surface area (Å²) < 4.78 is 15.9. The topological polar surface area (TPSA) is 82.8 Å². The number of benzene rings is 1. The molecule has 6 heteroatoms. The number of nitrogens with two attached hydrogens (primary N) is 1. The van der Waals surface area contributed by atoms with Crippen LogP contribution in [0.2, 0.25) is 0 Å². The molecule has 2 unspecified atom stereocenters. The van der Waals surface area contributed by atoms with Crippen molar-refractivity contribution in [2.45, 2.75) is 39.0 Å². The van der Waals surface area contributed by atoms with Gasteiger partial charge in [0.1, 0.15) is 6.04 Å². The fraction of sp³-hybridized carbons (Fsp3) is 0.562. The molecular weight excluding hydrogens is 284 g/mol. The summed E-state index contributed by atoms with van der Waals surface area (Å²) in [4.78, 5) is 11.9. The number of methoxy groups -OCH3 is 2. The molecule has 1 rings (SSSR count). The molecule has 1 aromatic carbocycles. The van der Waals surface area contributed by atoms with Crippen molar-refractivity contribution in [1.29, 1.82) is 0 Å². The van der Waals surface area contributed by atoms with E-state index < -0.39 is 6.04 Å². The van der Waals surface area contributed by atoms with Crippen molar-refractivity contribution >= 4 is 5.91 Å². The molecule has 22 heavy (non-hydrogen) atoms. The second kappa shape index (κ2) is 8.60. The number of carbonyl (C=O) groups excluding carboxylic acids is 1. The highest BCUT2D eigenvalue weighted by Gasteiger charge is 2.17. The number of ether oxygens (including phenoxy) is 3. The highest BCUT2D eigenvalue weighted by Crippen LogP contribution is 2.31. The van der Waals surface area contributed by atoms with Crippen LogP contribution in [0.25, 0.3) is 0 Å². The van der Waals surface area contributed by atoms with E-state index in [0.717, 1.165) is 5.56 Å². The summed E-state index contributed by atoms with van der Waals surface area (Å²) in [5, 5.41) is 2.85. The Labute approximate surface area is 131 Å². The Hall–Kier alpha value is -1.79. The van der Waals surface area contributed by atoms with Gasteiger partial charge >= 0.3 is 0 Å². The highest BCUT2D eigenvalue weighted by molar-refractivity contribution is 5.82. The van der Waals surface area contributed by atoms with Crippen LogP contribution in [0.3, 0.4) is 0 Å². The minimum atomic E-state index is -0.683. The van der Waals surface area contributed by atoms with Crippen LogP contribution in [0.4, 0.5) is 0 Å². The predicted octanol–water partition coefficient (Wildman–Crippen LogP) is 1.63. The van der Waals surface area contributed by atoms with E-state index in [1.807, 2.05) is 39.0 Å². The lowest BCUT2D eigenvalue weighted by Gasteiger charge is -2.19. The number of hydrogen-bond acceptors (Lipinski definition) is 5. The van der Waals surface area contributed by atoms with E-state index in [0.29, 0.717) is 11.5 Å². The number of nitrogens with one attached hydrogen (secondary N) is 1. The van der Waals surface area contributed by atoms with E-state index in [1.165, 1.54) is 7.11 Å². The van der Waals surface area contributed by atoms with E-state index in [-0.39, 0.29) is 24.7 Å². The molecule has 0 spiro atoms. The summed E-state index contributed by atoms with van der Waals surface area (Å²) in [5.41, 5.74) is 6.62. The summed E-state index contributed by atoms with van der Waals surface area (Å²) in [7, 11) is 3.10. The molecule has 124 valence electrons. The van der Waals surface area contributed by atoms with Crippen molar-refractivity contribution < 1.29 is 19.0 Å². The van der Waals surface area contributed by atoms with Gasteiger partial charge in [0.25, 0.3) is 0 Å². The molecule has 0 aliphatic heterocycles. The fourth-order valence-electron chi connectivity index (χ4n) is 1.96. The van der Waals surface area contributed by atoms with Gasteiger partial charge in [-0.1, -0.05) is 6.07 Å². The van der Waals surface area contributed by atoms with Crippen molar-refractivity contribution in [1.82, 2.24) is 5.32 Å². The van der Waals surface area contributed by atoms with Crippen LogP contribution in [-0.4, -0.2) is 38.9 Å². The Balaban J connectivity index is 2.81. The minimum Gasteiger partial charge on any atom is -0.493 e. The van der Waals surface area contributed by atoms with Crippen LogP contribution in [0.15, 0.2) is 18.2 Å². The van der Waals surface area contributed by atoms with Crippen LogP contribution >= 0.6 is 0 Å². The molecule has 0 aliphatic carbocycles. The van der Waals surface area contributed by atoms with Crippen LogP contribution in [0.1, 0.15) is 32.4 Å². The molecule has 6 nitrogen and oxygen atoms in total. The third-order valence-electron chi connectivity index (χ3n) is 3.09. The Kier molecular flexibility index (Phi) is 7.14. The Morgan fingerprint density at radius 1 is 1.23 bits per heavy atom. The van der Waals surface area contributed by atoms with Gasteiger partial charge in [-0.15, -0.1) is 0 Å². The Bertz CT molecular complexity index is 491. The lowest BCUT2D eigenvalue weighted by atomic mass is 10.1. The smallest absolute Gasteiger partial charge is 0.239 e. The maximum Gasteiger partial charge on any atom is 0.239 e. The molecular formula is C16H26N2O4. The summed E-state index contributed by atoms with van der Waals surface area (Å²) in [6.07, 6.45) is 0.0592. The predicted molar refractivity (Wildman–Crippen MR) is 85.2 cm³/mol. The zero-order chi connectivity index (χ0) is 16.7. The molecule has 2 atom stereocenters. The average molecular weight is 310 g/mol. The van der Waals surface area contributed by atoms with E-state index in [9.17, 15) is 4.79 Å². The van der Waals surface area contributed by atoms with Crippen molar-refractivity contribution in [3.8, 4) is 11.5 Å². The number of amides is 1. The van der Waals surface area contributed by atoms with Crippen molar-refractivity contribution in [3.63, 3.8) is 0 Å². The summed E-state index contributed by atoms with van der Waals surface area (Å²) in [5.74, 6) is 1.06. The summed E-state index contributed by atoms with van der Waals surface area (Å²) in [6.45, 7) is 5.97. The second-order valence-electron chi connectivity index (χ2n) is 5.37. The second-order valence-corrected chi connectivity index (χ2v) is 5.37. The van der Waals surface area contributed by atoms with Gasteiger partial charge in [0.05, 0.1) is 25.9 Å². The number of carbonyl (C=O) groups is 1. The molecule has 0 aliphatic rings. The lowest BCUT2D eigenvalue weighted by Crippen LogP contribution is -2.44. The quantitative estimate of drug-likeness (QED) is 0.762. The molecule has 0 fully saturated rings. The first-order valence-corrected chi connectivity index (χ1v) is 7.28. The standard InChI is InChI=1S/C16H26N2O4/c1-10(2)22-14-7-6-12(8-15(14)21-5)11(3)18-16(19)13(17)9-20-4/h6-8,10-11,13H,9,17H2,1-5H3,(H,18,19). The van der Waals surface area contributed by atoms with E-state index in [1.54, 1.807) is 7.11 Å². The average Bonchev–Trinajstić information content (AvgIpc) is 2.47. The largest absolute Gasteiger partial charge is 0.493 e. The van der Waals surface area contributed by atoms with Gasteiger partial charge in [-0.05, 0) is 38.5 Å². The van der Waals surface area contributed by atoms with Crippen LogP contribution in [0.5, 0.6) is 11.5 Å². The first-order chi connectivity index (χ1) is 10.4. The van der Waals surface area contributed by atoms with Gasteiger partial charge in [0, 0.05) is 7.11 Å². The third-order valence-corrected chi connectivity index (χ3v) is 3.09. The molecule has 3 N–H and O–H groups in total. The summed E-state index contributed by atoms with van der Waals surface area (Å²) in [6, 6.07) is 4.71. The Morgan fingerprint density at radius 3 is 2.45 bits per heavy atom. The molecule has 0 bridgehead atoms. The lowest BCUT2D eigenvalue weighted by molar-refractivity contribution is -0.124. The van der Waals surface area contributed by atoms with Gasteiger partial charge in [-0.3, -0.25) is 4.79 Å². The van der Waals surface area contributed by atoms with Crippen LogP contribution < -0.4 is 20.5 Å². The van der Waals surface area contributed by atoms with E-state index in [2.05, 4.69) is 5.32 Å². The molecule has 0 saturated heterocycles. The number of rotatable bonds is 8. The van der Waals surface area contributed by atoms with Gasteiger partial charge < -0.3 is 25.3 Å². The first-order valence-electron chi connectivity index (χ1n) is 7.28. The van der Waals surface area contributed by atoms with Crippen molar-refractivity contribution in [2.24, 2.45) is 5.73 Å². The molecule has 0 heterocycles. The molecule has 0 saturated carbocycles. The fourth-order valence-corrected chi connectivity index (χ4v) is 1.96. The molecule has 1 amide bonds. The van der Waals surface area contributed by atoms with Gasteiger partial charge in [-0.25, -0.2) is 0 Å².